The summed E-state index contributed by atoms with van der Waals surface area (Å²) in [5.74, 6) is 1.44. The standard InChI is InChI=1S/C22H20N2O3/c1-14(19-4-3-5-22(24-19)26-2)10-20(25)15-6-7-17-16(11-15)13-27-21-12-23-9-8-18(17)21/h3-9,11-12,14H,10,13H2,1-2H3. The summed E-state index contributed by atoms with van der Waals surface area (Å²) >= 11 is 0. The minimum atomic E-state index is 0.00619. The summed E-state index contributed by atoms with van der Waals surface area (Å²) in [6.07, 6.45) is 3.86. The van der Waals surface area contributed by atoms with Crippen molar-refractivity contribution in [2.75, 3.05) is 7.11 Å². The number of fused-ring (bicyclic) bond motifs is 3. The van der Waals surface area contributed by atoms with Gasteiger partial charge < -0.3 is 9.47 Å². The van der Waals surface area contributed by atoms with Gasteiger partial charge in [-0.1, -0.05) is 25.1 Å². The molecular formula is C22H20N2O3. The van der Waals surface area contributed by atoms with Gasteiger partial charge in [0.15, 0.2) is 5.78 Å². The molecule has 3 aromatic rings. The van der Waals surface area contributed by atoms with Crippen LogP contribution >= 0.6 is 0 Å². The molecule has 0 radical (unpaired) electrons. The summed E-state index contributed by atoms with van der Waals surface area (Å²) in [6, 6.07) is 13.4. The second-order valence-corrected chi connectivity index (χ2v) is 6.67. The molecule has 27 heavy (non-hydrogen) atoms. The Hall–Kier alpha value is -3.21. The molecular weight excluding hydrogens is 340 g/mol. The Labute approximate surface area is 158 Å². The van der Waals surface area contributed by atoms with Crippen LogP contribution in [0.5, 0.6) is 11.6 Å². The fraction of sp³-hybridized carbons (Fsp3) is 0.227. The summed E-state index contributed by atoms with van der Waals surface area (Å²) < 4.78 is 10.9. The SMILES string of the molecule is COc1cccc(C(C)CC(=O)c2ccc3c(c2)COc2cnccc2-3)n1. The minimum Gasteiger partial charge on any atom is -0.487 e. The molecule has 4 rings (SSSR count). The lowest BCUT2D eigenvalue weighted by Crippen LogP contribution is -2.10. The summed E-state index contributed by atoms with van der Waals surface area (Å²) in [5.41, 5.74) is 4.68. The van der Waals surface area contributed by atoms with Gasteiger partial charge >= 0.3 is 0 Å². The zero-order valence-corrected chi connectivity index (χ0v) is 15.3. The van der Waals surface area contributed by atoms with Crippen LogP contribution in [0.3, 0.4) is 0 Å². The Balaban J connectivity index is 1.55. The van der Waals surface area contributed by atoms with Crippen molar-refractivity contribution in [1.82, 2.24) is 9.97 Å². The first-order chi connectivity index (χ1) is 13.2. The molecule has 136 valence electrons. The lowest BCUT2D eigenvalue weighted by Gasteiger charge is -2.21. The van der Waals surface area contributed by atoms with Crippen molar-refractivity contribution in [2.45, 2.75) is 25.9 Å². The number of ketones is 1. The third kappa shape index (κ3) is 3.40. The average Bonchev–Trinajstić information content (AvgIpc) is 2.73. The first-order valence-corrected chi connectivity index (χ1v) is 8.90. The number of Topliss-reactive ketones (excluding diaryl/α,β-unsaturated/α-hetero) is 1. The van der Waals surface area contributed by atoms with Gasteiger partial charge in [0.05, 0.1) is 13.3 Å². The number of hydrogen-bond donors (Lipinski definition) is 0. The number of aromatic nitrogens is 2. The Morgan fingerprint density at radius 1 is 1.22 bits per heavy atom. The predicted octanol–water partition coefficient (Wildman–Crippen LogP) is 4.42. The molecule has 1 aliphatic heterocycles. The largest absolute Gasteiger partial charge is 0.487 e. The van der Waals surface area contributed by atoms with Gasteiger partial charge in [0.25, 0.3) is 0 Å². The van der Waals surface area contributed by atoms with Crippen LogP contribution in [-0.2, 0) is 6.61 Å². The minimum absolute atomic E-state index is 0.00619. The maximum atomic E-state index is 12.8. The molecule has 0 aliphatic carbocycles. The van der Waals surface area contributed by atoms with Crippen LogP contribution in [-0.4, -0.2) is 22.9 Å². The monoisotopic (exact) mass is 360 g/mol. The number of rotatable bonds is 5. The van der Waals surface area contributed by atoms with E-state index in [-0.39, 0.29) is 11.7 Å². The lowest BCUT2D eigenvalue weighted by atomic mass is 9.92. The molecule has 0 fully saturated rings. The van der Waals surface area contributed by atoms with Crippen molar-refractivity contribution in [3.8, 4) is 22.8 Å². The van der Waals surface area contributed by atoms with Gasteiger partial charge in [-0.2, -0.15) is 0 Å². The zero-order valence-electron chi connectivity index (χ0n) is 15.3. The summed E-state index contributed by atoms with van der Waals surface area (Å²) in [5, 5.41) is 0. The number of ether oxygens (including phenoxy) is 2. The number of nitrogens with zero attached hydrogens (tertiary/aromatic N) is 2. The summed E-state index contributed by atoms with van der Waals surface area (Å²) in [7, 11) is 1.59. The third-order valence-electron chi connectivity index (χ3n) is 4.84. The van der Waals surface area contributed by atoms with Crippen LogP contribution < -0.4 is 9.47 Å². The average molecular weight is 360 g/mol. The highest BCUT2D eigenvalue weighted by Gasteiger charge is 2.20. The molecule has 0 saturated carbocycles. The smallest absolute Gasteiger partial charge is 0.213 e. The van der Waals surface area contributed by atoms with E-state index in [0.29, 0.717) is 24.5 Å². The van der Waals surface area contributed by atoms with Crippen LogP contribution in [0.1, 0.15) is 40.9 Å². The van der Waals surface area contributed by atoms with Crippen molar-refractivity contribution in [1.29, 1.82) is 0 Å². The Kier molecular flexibility index (Phi) is 4.59. The topological polar surface area (TPSA) is 61.3 Å². The van der Waals surface area contributed by atoms with Crippen molar-refractivity contribution in [3.05, 3.63) is 71.7 Å². The van der Waals surface area contributed by atoms with E-state index in [1.165, 1.54) is 0 Å². The van der Waals surface area contributed by atoms with E-state index in [2.05, 4.69) is 9.97 Å². The Morgan fingerprint density at radius 3 is 2.96 bits per heavy atom. The van der Waals surface area contributed by atoms with Crippen LogP contribution in [0.25, 0.3) is 11.1 Å². The Bertz CT molecular complexity index is 1000. The third-order valence-corrected chi connectivity index (χ3v) is 4.84. The van der Waals surface area contributed by atoms with Gasteiger partial charge in [0.2, 0.25) is 5.88 Å². The molecule has 3 heterocycles. The van der Waals surface area contributed by atoms with Crippen LogP contribution in [0.2, 0.25) is 0 Å². The molecule has 0 amide bonds. The van der Waals surface area contributed by atoms with Gasteiger partial charge in [-0.05, 0) is 29.3 Å². The number of methoxy groups -OCH3 is 1. The molecule has 5 heteroatoms. The molecule has 2 aromatic heterocycles. The van der Waals surface area contributed by atoms with Gasteiger partial charge in [-0.3, -0.25) is 9.78 Å². The number of carbonyl (C=O) groups is 1. The molecule has 5 nitrogen and oxygen atoms in total. The highest BCUT2D eigenvalue weighted by Crippen LogP contribution is 2.37. The van der Waals surface area contributed by atoms with Gasteiger partial charge in [-0.25, -0.2) is 4.98 Å². The van der Waals surface area contributed by atoms with Gasteiger partial charge in [-0.15, -0.1) is 0 Å². The first kappa shape index (κ1) is 17.2. The Morgan fingerprint density at radius 2 is 2.11 bits per heavy atom. The lowest BCUT2D eigenvalue weighted by molar-refractivity contribution is 0.0975. The molecule has 0 spiro atoms. The van der Waals surface area contributed by atoms with E-state index in [0.717, 1.165) is 28.1 Å². The zero-order chi connectivity index (χ0) is 18.8. The maximum Gasteiger partial charge on any atom is 0.213 e. The number of carbonyl (C=O) groups excluding carboxylic acids is 1. The molecule has 0 saturated heterocycles. The second kappa shape index (κ2) is 7.19. The second-order valence-electron chi connectivity index (χ2n) is 6.67. The van der Waals surface area contributed by atoms with Crippen molar-refractivity contribution < 1.29 is 14.3 Å². The molecule has 1 atom stereocenters. The maximum absolute atomic E-state index is 12.8. The van der Waals surface area contributed by atoms with Gasteiger partial charge in [0.1, 0.15) is 12.4 Å². The first-order valence-electron chi connectivity index (χ1n) is 8.90. The molecule has 1 unspecified atom stereocenters. The molecule has 1 aliphatic rings. The van der Waals surface area contributed by atoms with E-state index in [4.69, 9.17) is 9.47 Å². The van der Waals surface area contributed by atoms with Crippen LogP contribution in [0.4, 0.5) is 0 Å². The van der Waals surface area contributed by atoms with E-state index in [1.807, 2.05) is 43.3 Å². The van der Waals surface area contributed by atoms with E-state index in [9.17, 15) is 4.79 Å². The summed E-state index contributed by atoms with van der Waals surface area (Å²) in [4.78, 5) is 21.3. The summed E-state index contributed by atoms with van der Waals surface area (Å²) in [6.45, 7) is 2.45. The van der Waals surface area contributed by atoms with E-state index in [1.54, 1.807) is 25.6 Å². The van der Waals surface area contributed by atoms with Crippen LogP contribution in [0.15, 0.2) is 54.9 Å². The molecule has 0 bridgehead atoms. The highest BCUT2D eigenvalue weighted by molar-refractivity contribution is 5.97. The van der Waals surface area contributed by atoms with Crippen molar-refractivity contribution in [3.63, 3.8) is 0 Å². The number of pyridine rings is 2. The van der Waals surface area contributed by atoms with Crippen LogP contribution in [0, 0.1) is 0 Å². The van der Waals surface area contributed by atoms with Gasteiger partial charge in [0, 0.05) is 41.4 Å². The quantitative estimate of drug-likeness (QED) is 0.630. The number of benzene rings is 1. The van der Waals surface area contributed by atoms with E-state index >= 15 is 0 Å². The number of hydrogen-bond acceptors (Lipinski definition) is 5. The molecule has 0 N–H and O–H groups in total. The fourth-order valence-electron chi connectivity index (χ4n) is 3.34. The predicted molar refractivity (Wildman–Crippen MR) is 102 cm³/mol. The fourth-order valence-corrected chi connectivity index (χ4v) is 3.34. The highest BCUT2D eigenvalue weighted by atomic mass is 16.5. The van der Waals surface area contributed by atoms with E-state index < -0.39 is 0 Å². The van der Waals surface area contributed by atoms with Crippen molar-refractivity contribution >= 4 is 5.78 Å². The van der Waals surface area contributed by atoms with Crippen molar-refractivity contribution in [2.24, 2.45) is 0 Å². The normalized spacial score (nSPS) is 13.1. The molecule has 1 aromatic carbocycles.